The predicted octanol–water partition coefficient (Wildman–Crippen LogP) is 1.72. The first-order chi connectivity index (χ1) is 6.70. The van der Waals surface area contributed by atoms with Crippen LogP contribution in [0.25, 0.3) is 0 Å². The first-order valence-corrected chi connectivity index (χ1v) is 5.03. The Morgan fingerprint density at radius 3 is 2.57 bits per heavy atom. The van der Waals surface area contributed by atoms with Crippen LogP contribution in [0.1, 0.15) is 11.1 Å². The molecule has 0 fully saturated rings. The molecule has 0 spiro atoms. The first kappa shape index (κ1) is 9.53. The maximum Gasteiger partial charge on any atom is 0.119 e. The Kier molecular flexibility index (Phi) is 2.46. The summed E-state index contributed by atoms with van der Waals surface area (Å²) in [5.74, 6) is 0.975. The zero-order valence-corrected chi connectivity index (χ0v) is 9.08. The van der Waals surface area contributed by atoms with Crippen molar-refractivity contribution in [3.05, 3.63) is 29.3 Å². The van der Waals surface area contributed by atoms with Gasteiger partial charge in [0, 0.05) is 6.04 Å². The van der Waals surface area contributed by atoms with E-state index in [4.69, 9.17) is 4.74 Å². The second-order valence-corrected chi connectivity index (χ2v) is 4.16. The van der Waals surface area contributed by atoms with Gasteiger partial charge in [0.05, 0.1) is 7.11 Å². The van der Waals surface area contributed by atoms with Crippen LogP contribution in [0.3, 0.4) is 0 Å². The Morgan fingerprint density at radius 1 is 1.21 bits per heavy atom. The van der Waals surface area contributed by atoms with Gasteiger partial charge in [-0.15, -0.1) is 0 Å². The Labute approximate surface area is 85.5 Å². The SMILES string of the molecule is COc1ccc2c(c1)CC(N(C)C)C2. The van der Waals surface area contributed by atoms with E-state index in [1.54, 1.807) is 7.11 Å². The molecular formula is C12H17NO. The van der Waals surface area contributed by atoms with Crippen LogP contribution in [0.5, 0.6) is 5.75 Å². The normalized spacial score (nSPS) is 19.9. The van der Waals surface area contributed by atoms with E-state index < -0.39 is 0 Å². The molecule has 76 valence electrons. The molecule has 0 saturated heterocycles. The van der Waals surface area contributed by atoms with E-state index in [1.165, 1.54) is 17.5 Å². The summed E-state index contributed by atoms with van der Waals surface area (Å²) in [6.45, 7) is 0. The fourth-order valence-corrected chi connectivity index (χ4v) is 2.06. The third kappa shape index (κ3) is 1.62. The molecule has 1 aromatic rings. The van der Waals surface area contributed by atoms with Gasteiger partial charge in [0.15, 0.2) is 0 Å². The van der Waals surface area contributed by atoms with Crippen molar-refractivity contribution in [2.24, 2.45) is 0 Å². The van der Waals surface area contributed by atoms with E-state index in [9.17, 15) is 0 Å². The third-order valence-electron chi connectivity index (χ3n) is 3.05. The molecule has 0 aliphatic heterocycles. The number of rotatable bonds is 2. The minimum atomic E-state index is 0.664. The van der Waals surface area contributed by atoms with Gasteiger partial charge in [-0.1, -0.05) is 6.07 Å². The molecule has 0 amide bonds. The van der Waals surface area contributed by atoms with Crippen molar-refractivity contribution < 1.29 is 4.74 Å². The summed E-state index contributed by atoms with van der Waals surface area (Å²) in [4.78, 5) is 2.30. The van der Waals surface area contributed by atoms with Crippen molar-refractivity contribution in [2.75, 3.05) is 21.2 Å². The lowest BCUT2D eigenvalue weighted by atomic mass is 10.1. The van der Waals surface area contributed by atoms with Gasteiger partial charge >= 0.3 is 0 Å². The number of ether oxygens (including phenoxy) is 1. The van der Waals surface area contributed by atoms with E-state index in [0.29, 0.717) is 6.04 Å². The fraction of sp³-hybridized carbons (Fsp3) is 0.500. The quantitative estimate of drug-likeness (QED) is 0.706. The molecule has 0 heterocycles. The van der Waals surface area contributed by atoms with Crippen LogP contribution in [0.2, 0.25) is 0 Å². The summed E-state index contributed by atoms with van der Waals surface area (Å²) in [6, 6.07) is 7.07. The highest BCUT2D eigenvalue weighted by Gasteiger charge is 2.22. The summed E-state index contributed by atoms with van der Waals surface area (Å²) in [5.41, 5.74) is 2.92. The minimum Gasteiger partial charge on any atom is -0.497 e. The van der Waals surface area contributed by atoms with Crippen molar-refractivity contribution in [1.29, 1.82) is 0 Å². The molecule has 1 atom stereocenters. The van der Waals surface area contributed by atoms with Gasteiger partial charge < -0.3 is 9.64 Å². The summed E-state index contributed by atoms with van der Waals surface area (Å²) >= 11 is 0. The topological polar surface area (TPSA) is 12.5 Å². The van der Waals surface area contributed by atoms with Crippen molar-refractivity contribution in [3.8, 4) is 5.75 Å². The van der Waals surface area contributed by atoms with Gasteiger partial charge in [-0.25, -0.2) is 0 Å². The second-order valence-electron chi connectivity index (χ2n) is 4.16. The van der Waals surface area contributed by atoms with Gasteiger partial charge in [0.25, 0.3) is 0 Å². The van der Waals surface area contributed by atoms with Crippen molar-refractivity contribution >= 4 is 0 Å². The van der Waals surface area contributed by atoms with Crippen LogP contribution in [0.4, 0.5) is 0 Å². The van der Waals surface area contributed by atoms with Gasteiger partial charge in [-0.3, -0.25) is 0 Å². The summed E-state index contributed by atoms with van der Waals surface area (Å²) in [5, 5.41) is 0. The number of fused-ring (bicyclic) bond motifs is 1. The highest BCUT2D eigenvalue weighted by molar-refractivity contribution is 5.39. The second kappa shape index (κ2) is 3.62. The molecule has 0 N–H and O–H groups in total. The van der Waals surface area contributed by atoms with Crippen LogP contribution < -0.4 is 4.74 Å². The molecule has 1 aliphatic rings. The molecule has 2 rings (SSSR count). The monoisotopic (exact) mass is 191 g/mol. The molecule has 2 nitrogen and oxygen atoms in total. The van der Waals surface area contributed by atoms with Crippen LogP contribution in [-0.4, -0.2) is 32.1 Å². The Hall–Kier alpha value is -1.02. The lowest BCUT2D eigenvalue weighted by molar-refractivity contribution is 0.303. The van der Waals surface area contributed by atoms with Crippen molar-refractivity contribution in [1.82, 2.24) is 4.90 Å². The Balaban J connectivity index is 2.22. The standard InChI is InChI=1S/C12H17NO/c1-13(2)11-6-9-4-5-12(14-3)8-10(9)7-11/h4-5,8,11H,6-7H2,1-3H3. The number of hydrogen-bond acceptors (Lipinski definition) is 2. The number of methoxy groups -OCH3 is 1. The third-order valence-corrected chi connectivity index (χ3v) is 3.05. The molecule has 2 heteroatoms. The Morgan fingerprint density at radius 2 is 1.93 bits per heavy atom. The van der Waals surface area contributed by atoms with Crippen LogP contribution >= 0.6 is 0 Å². The van der Waals surface area contributed by atoms with E-state index in [0.717, 1.165) is 12.2 Å². The van der Waals surface area contributed by atoms with E-state index in [1.807, 2.05) is 0 Å². The zero-order valence-electron chi connectivity index (χ0n) is 9.08. The van der Waals surface area contributed by atoms with E-state index in [-0.39, 0.29) is 0 Å². The number of hydrogen-bond donors (Lipinski definition) is 0. The fourth-order valence-electron chi connectivity index (χ4n) is 2.06. The van der Waals surface area contributed by atoms with Crippen LogP contribution in [0, 0.1) is 0 Å². The van der Waals surface area contributed by atoms with Gasteiger partial charge in [0.2, 0.25) is 0 Å². The van der Waals surface area contributed by atoms with Gasteiger partial charge in [0.1, 0.15) is 5.75 Å². The molecule has 0 radical (unpaired) electrons. The lowest BCUT2D eigenvalue weighted by Gasteiger charge is -2.17. The average molecular weight is 191 g/mol. The molecule has 0 aromatic heterocycles. The minimum absolute atomic E-state index is 0.664. The Bertz CT molecular complexity index is 333. The van der Waals surface area contributed by atoms with Crippen molar-refractivity contribution in [3.63, 3.8) is 0 Å². The van der Waals surface area contributed by atoms with Crippen LogP contribution in [0.15, 0.2) is 18.2 Å². The van der Waals surface area contributed by atoms with Crippen LogP contribution in [-0.2, 0) is 12.8 Å². The molecule has 0 saturated carbocycles. The molecule has 1 aliphatic carbocycles. The van der Waals surface area contributed by atoms with Crippen molar-refractivity contribution in [2.45, 2.75) is 18.9 Å². The summed E-state index contributed by atoms with van der Waals surface area (Å²) < 4.78 is 5.22. The maximum absolute atomic E-state index is 5.22. The maximum atomic E-state index is 5.22. The highest BCUT2D eigenvalue weighted by Crippen LogP contribution is 2.27. The molecular weight excluding hydrogens is 174 g/mol. The van der Waals surface area contributed by atoms with Gasteiger partial charge in [-0.2, -0.15) is 0 Å². The summed E-state index contributed by atoms with van der Waals surface area (Å²) in [6.07, 6.45) is 2.33. The first-order valence-electron chi connectivity index (χ1n) is 5.03. The lowest BCUT2D eigenvalue weighted by Crippen LogP contribution is -2.27. The molecule has 1 aromatic carbocycles. The smallest absolute Gasteiger partial charge is 0.119 e. The van der Waals surface area contributed by atoms with E-state index >= 15 is 0 Å². The van der Waals surface area contributed by atoms with E-state index in [2.05, 4.69) is 37.2 Å². The summed E-state index contributed by atoms with van der Waals surface area (Å²) in [7, 11) is 6.02. The molecule has 0 bridgehead atoms. The highest BCUT2D eigenvalue weighted by atomic mass is 16.5. The molecule has 14 heavy (non-hydrogen) atoms. The number of benzene rings is 1. The number of nitrogens with zero attached hydrogens (tertiary/aromatic N) is 1. The average Bonchev–Trinajstić information content (AvgIpc) is 2.59. The predicted molar refractivity (Wildman–Crippen MR) is 57.9 cm³/mol. The molecule has 1 unspecified atom stereocenters. The van der Waals surface area contributed by atoms with Gasteiger partial charge in [-0.05, 0) is 50.2 Å². The largest absolute Gasteiger partial charge is 0.497 e. The number of likely N-dealkylation sites (N-methyl/N-ethyl adjacent to an activating group) is 1. The zero-order chi connectivity index (χ0) is 10.1.